The zero-order chi connectivity index (χ0) is 20.9. The van der Waals surface area contributed by atoms with Crippen molar-refractivity contribution in [3.8, 4) is 11.8 Å². The van der Waals surface area contributed by atoms with Crippen molar-refractivity contribution < 1.29 is 28.5 Å². The summed E-state index contributed by atoms with van der Waals surface area (Å²) in [5.41, 5.74) is -0.160. The van der Waals surface area contributed by atoms with E-state index in [0.29, 0.717) is 57.3 Å². The molecule has 0 saturated carbocycles. The van der Waals surface area contributed by atoms with E-state index in [1.807, 2.05) is 4.90 Å². The van der Waals surface area contributed by atoms with Gasteiger partial charge < -0.3 is 28.7 Å². The lowest BCUT2D eigenvalue weighted by molar-refractivity contribution is -0.136. The second-order valence-corrected chi connectivity index (χ2v) is 7.31. The third-order valence-corrected chi connectivity index (χ3v) is 5.52. The summed E-state index contributed by atoms with van der Waals surface area (Å²) in [5, 5.41) is 0. The molecule has 0 aliphatic carbocycles. The molecule has 2 aliphatic heterocycles. The van der Waals surface area contributed by atoms with Crippen molar-refractivity contribution >= 4 is 11.8 Å². The first-order valence-electron chi connectivity index (χ1n) is 9.80. The van der Waals surface area contributed by atoms with E-state index < -0.39 is 5.54 Å². The van der Waals surface area contributed by atoms with Gasteiger partial charge in [0.1, 0.15) is 5.56 Å². The fourth-order valence-electron chi connectivity index (χ4n) is 4.01. The van der Waals surface area contributed by atoms with Crippen LogP contribution < -0.4 is 9.47 Å². The number of aromatic nitrogens is 1. The summed E-state index contributed by atoms with van der Waals surface area (Å²) >= 11 is 0. The third kappa shape index (κ3) is 4.45. The molecule has 0 aromatic carbocycles. The Kier molecular flexibility index (Phi) is 6.92. The molecule has 0 N–H and O–H groups in total. The van der Waals surface area contributed by atoms with E-state index in [0.717, 1.165) is 6.42 Å². The zero-order valence-electron chi connectivity index (χ0n) is 17.3. The molecule has 2 aliphatic rings. The van der Waals surface area contributed by atoms with Gasteiger partial charge in [-0.25, -0.2) is 0 Å². The number of amides is 2. The Balaban J connectivity index is 1.86. The van der Waals surface area contributed by atoms with Crippen LogP contribution in [0, 0.1) is 0 Å². The van der Waals surface area contributed by atoms with Gasteiger partial charge in [-0.2, -0.15) is 4.98 Å². The molecule has 3 rings (SSSR count). The van der Waals surface area contributed by atoms with Gasteiger partial charge >= 0.3 is 0 Å². The highest BCUT2D eigenvalue weighted by Crippen LogP contribution is 2.32. The summed E-state index contributed by atoms with van der Waals surface area (Å²) in [6.45, 7) is 2.93. The van der Waals surface area contributed by atoms with E-state index in [2.05, 4.69) is 4.98 Å². The van der Waals surface area contributed by atoms with Crippen molar-refractivity contribution in [2.45, 2.75) is 24.8 Å². The number of rotatable bonds is 7. The quantitative estimate of drug-likeness (QED) is 0.622. The molecule has 0 bridgehead atoms. The lowest BCUT2D eigenvalue weighted by Gasteiger charge is -2.40. The molecular weight excluding hydrogens is 378 g/mol. The van der Waals surface area contributed by atoms with E-state index in [-0.39, 0.29) is 24.1 Å². The average molecular weight is 407 g/mol. The van der Waals surface area contributed by atoms with Gasteiger partial charge in [0.15, 0.2) is 0 Å². The van der Waals surface area contributed by atoms with Crippen molar-refractivity contribution in [1.82, 2.24) is 14.8 Å². The molecule has 3 heterocycles. The smallest absolute Gasteiger partial charge is 0.259 e. The summed E-state index contributed by atoms with van der Waals surface area (Å²) < 4.78 is 21.2. The Morgan fingerprint density at radius 2 is 2.10 bits per heavy atom. The van der Waals surface area contributed by atoms with Crippen molar-refractivity contribution in [2.24, 2.45) is 0 Å². The van der Waals surface area contributed by atoms with Crippen LogP contribution in [0.2, 0.25) is 0 Å². The van der Waals surface area contributed by atoms with Gasteiger partial charge in [0.2, 0.25) is 17.7 Å². The van der Waals surface area contributed by atoms with Crippen LogP contribution in [0.3, 0.4) is 0 Å². The summed E-state index contributed by atoms with van der Waals surface area (Å²) in [6.07, 6.45) is 1.72. The molecule has 2 saturated heterocycles. The van der Waals surface area contributed by atoms with Crippen molar-refractivity contribution in [3.05, 3.63) is 17.7 Å². The Labute approximate surface area is 170 Å². The minimum Gasteiger partial charge on any atom is -0.481 e. The topological polar surface area (TPSA) is 90.4 Å². The summed E-state index contributed by atoms with van der Waals surface area (Å²) in [7, 11) is 4.62. The van der Waals surface area contributed by atoms with Crippen LogP contribution in [0.15, 0.2) is 12.1 Å². The molecule has 2 amide bonds. The molecule has 29 heavy (non-hydrogen) atoms. The Morgan fingerprint density at radius 1 is 1.28 bits per heavy atom. The average Bonchev–Trinajstić information content (AvgIpc) is 3.16. The predicted octanol–water partition coefficient (Wildman–Crippen LogP) is 0.969. The molecule has 1 spiro atoms. The van der Waals surface area contributed by atoms with Crippen molar-refractivity contribution in [1.29, 1.82) is 0 Å². The second-order valence-electron chi connectivity index (χ2n) is 7.31. The Morgan fingerprint density at radius 3 is 2.76 bits per heavy atom. The van der Waals surface area contributed by atoms with E-state index in [4.69, 9.17) is 18.9 Å². The standard InChI is InChI=1S/C20H29N3O6/c1-26-11-4-9-23-17(24)7-10-22(13-20(23)8-12-29-14-20)19(25)15-5-6-16(27-2)21-18(15)28-3/h5-6H,4,7-14H2,1-3H3. The maximum absolute atomic E-state index is 13.3. The van der Waals surface area contributed by atoms with Gasteiger partial charge in [-0.1, -0.05) is 0 Å². The van der Waals surface area contributed by atoms with Crippen LogP contribution in [-0.2, 0) is 14.3 Å². The van der Waals surface area contributed by atoms with Gasteiger partial charge in [0, 0.05) is 52.4 Å². The first-order valence-corrected chi connectivity index (χ1v) is 9.80. The van der Waals surface area contributed by atoms with E-state index in [1.54, 1.807) is 24.1 Å². The van der Waals surface area contributed by atoms with Gasteiger partial charge in [-0.15, -0.1) is 0 Å². The zero-order valence-corrected chi connectivity index (χ0v) is 17.3. The monoisotopic (exact) mass is 407 g/mol. The highest BCUT2D eigenvalue weighted by molar-refractivity contribution is 5.97. The highest BCUT2D eigenvalue weighted by atomic mass is 16.5. The lowest BCUT2D eigenvalue weighted by Crippen LogP contribution is -2.57. The molecule has 160 valence electrons. The number of hydrogen-bond donors (Lipinski definition) is 0. The van der Waals surface area contributed by atoms with Gasteiger partial charge in [-0.3, -0.25) is 9.59 Å². The lowest BCUT2D eigenvalue weighted by atomic mass is 9.95. The Bertz CT molecular complexity index is 735. The number of methoxy groups -OCH3 is 3. The number of carbonyl (C=O) groups is 2. The SMILES string of the molecule is COCCCN1C(=O)CCN(C(=O)c2ccc(OC)nc2OC)CC12CCOC2. The maximum Gasteiger partial charge on any atom is 0.259 e. The second kappa shape index (κ2) is 9.41. The van der Waals surface area contributed by atoms with E-state index >= 15 is 0 Å². The fraction of sp³-hybridized carbons (Fsp3) is 0.650. The van der Waals surface area contributed by atoms with E-state index in [1.165, 1.54) is 14.2 Å². The summed E-state index contributed by atoms with van der Waals surface area (Å²) in [6, 6.07) is 3.28. The summed E-state index contributed by atoms with van der Waals surface area (Å²) in [5.74, 6) is 0.407. The number of nitrogens with zero attached hydrogens (tertiary/aromatic N) is 3. The maximum atomic E-state index is 13.3. The van der Waals surface area contributed by atoms with Gasteiger partial charge in [-0.05, 0) is 18.9 Å². The highest BCUT2D eigenvalue weighted by Gasteiger charge is 2.47. The van der Waals surface area contributed by atoms with Gasteiger partial charge in [0.05, 0.1) is 26.4 Å². The molecule has 1 aromatic rings. The van der Waals surface area contributed by atoms with Crippen molar-refractivity contribution in [2.75, 3.05) is 60.8 Å². The van der Waals surface area contributed by atoms with Crippen LogP contribution in [0.1, 0.15) is 29.6 Å². The molecular formula is C20H29N3O6. The predicted molar refractivity (Wildman–Crippen MR) is 104 cm³/mol. The molecule has 1 atom stereocenters. The first kappa shape index (κ1) is 21.3. The molecule has 0 radical (unpaired) electrons. The van der Waals surface area contributed by atoms with Crippen LogP contribution >= 0.6 is 0 Å². The molecule has 1 aromatic heterocycles. The number of ether oxygens (including phenoxy) is 4. The minimum atomic E-state index is -0.510. The van der Waals surface area contributed by atoms with Crippen LogP contribution in [0.25, 0.3) is 0 Å². The Hall–Kier alpha value is -2.39. The van der Waals surface area contributed by atoms with Crippen LogP contribution in [0.4, 0.5) is 0 Å². The number of pyridine rings is 1. The van der Waals surface area contributed by atoms with E-state index in [9.17, 15) is 9.59 Å². The third-order valence-electron chi connectivity index (χ3n) is 5.52. The molecule has 9 nitrogen and oxygen atoms in total. The van der Waals surface area contributed by atoms with Gasteiger partial charge in [0.25, 0.3) is 5.91 Å². The normalized spacial score (nSPS) is 22.1. The minimum absolute atomic E-state index is 0.0433. The number of carbonyl (C=O) groups excluding carboxylic acids is 2. The molecule has 1 unspecified atom stereocenters. The first-order chi connectivity index (χ1) is 14.0. The van der Waals surface area contributed by atoms with Crippen LogP contribution in [-0.4, -0.2) is 92.9 Å². The molecule has 2 fully saturated rings. The summed E-state index contributed by atoms with van der Waals surface area (Å²) in [4.78, 5) is 34.1. The fourth-order valence-corrected chi connectivity index (χ4v) is 4.01. The largest absolute Gasteiger partial charge is 0.481 e. The molecule has 9 heteroatoms. The van der Waals surface area contributed by atoms with Crippen molar-refractivity contribution in [3.63, 3.8) is 0 Å². The van der Waals surface area contributed by atoms with Crippen LogP contribution in [0.5, 0.6) is 11.8 Å². The number of hydrogen-bond acceptors (Lipinski definition) is 7.